The Balaban J connectivity index is 2.29. The number of rotatable bonds is 1. The van der Waals surface area contributed by atoms with Gasteiger partial charge in [-0.25, -0.2) is 4.98 Å². The number of anilines is 1. The summed E-state index contributed by atoms with van der Waals surface area (Å²) < 4.78 is 0. The van der Waals surface area contributed by atoms with Crippen LogP contribution in [0.25, 0.3) is 0 Å². The second kappa shape index (κ2) is 3.03. The highest BCUT2D eigenvalue weighted by molar-refractivity contribution is 8.22. The highest BCUT2D eigenvalue weighted by Gasteiger charge is 2.02. The molecule has 0 spiro atoms. The first-order chi connectivity index (χ1) is 5.86. The number of aromatic nitrogens is 1. The third-order valence-electron chi connectivity index (χ3n) is 1.64. The first kappa shape index (κ1) is 7.43. The van der Waals surface area contributed by atoms with Crippen molar-refractivity contribution in [2.24, 2.45) is 0 Å². The lowest BCUT2D eigenvalue weighted by Crippen LogP contribution is -1.87. The number of hydrogen-bond donors (Lipinski definition) is 2. The number of thiol groups is 1. The van der Waals surface area contributed by atoms with E-state index in [0.29, 0.717) is 0 Å². The van der Waals surface area contributed by atoms with Gasteiger partial charge in [-0.2, -0.15) is 10.9 Å². The van der Waals surface area contributed by atoms with E-state index < -0.39 is 0 Å². The molecule has 2 heterocycles. The number of allylic oxidation sites excluding steroid dienone is 2. The van der Waals surface area contributed by atoms with Crippen molar-refractivity contribution in [3.63, 3.8) is 0 Å². The summed E-state index contributed by atoms with van der Waals surface area (Å²) in [6, 6.07) is 3.88. The summed E-state index contributed by atoms with van der Waals surface area (Å²) in [5, 5.41) is 5.46. The minimum atomic E-state index is -0.280. The molecule has 0 amide bonds. The average Bonchev–Trinajstić information content (AvgIpc) is 2.58. The number of hydrogen-bond acceptors (Lipinski definition) is 2. The van der Waals surface area contributed by atoms with Gasteiger partial charge in [-0.3, -0.25) is 0 Å². The van der Waals surface area contributed by atoms with Crippen LogP contribution in [0.4, 0.5) is 5.69 Å². The predicted molar refractivity (Wildman–Crippen MR) is 54.2 cm³/mol. The molecule has 3 heteroatoms. The van der Waals surface area contributed by atoms with Crippen molar-refractivity contribution in [1.82, 2.24) is 4.98 Å². The van der Waals surface area contributed by atoms with Gasteiger partial charge in [0.2, 0.25) is 0 Å². The number of nitrogen functional groups attached to an aromatic ring is 1. The lowest BCUT2D eigenvalue weighted by Gasteiger charge is -2.07. The van der Waals surface area contributed by atoms with Crippen molar-refractivity contribution in [3.8, 4) is 0 Å². The van der Waals surface area contributed by atoms with Gasteiger partial charge in [0.15, 0.2) is 0 Å². The lowest BCUT2D eigenvalue weighted by molar-refractivity contribution is 1.14. The predicted octanol–water partition coefficient (Wildman–Crippen LogP) is 2.06. The van der Waals surface area contributed by atoms with Crippen LogP contribution in [0.1, 0.15) is 0 Å². The molecule has 0 saturated heterocycles. The van der Waals surface area contributed by atoms with Gasteiger partial charge in [-0.05, 0) is 22.9 Å². The van der Waals surface area contributed by atoms with Crippen LogP contribution in [0.3, 0.4) is 0 Å². The molecule has 0 fully saturated rings. The van der Waals surface area contributed by atoms with E-state index in [1.165, 1.54) is 0 Å². The average molecular weight is 178 g/mol. The Bertz CT molecular complexity index is 315. The molecule has 1 aliphatic rings. The summed E-state index contributed by atoms with van der Waals surface area (Å²) >= 11 is 0. The van der Waals surface area contributed by atoms with E-state index in [0.717, 1.165) is 10.7 Å². The quantitative estimate of drug-likeness (QED) is 0.646. The maximum Gasteiger partial charge on any atom is 0.0835 e. The van der Waals surface area contributed by atoms with Crippen molar-refractivity contribution in [2.75, 3.05) is 5.73 Å². The third-order valence-corrected chi connectivity index (χ3v) is 3.42. The Morgan fingerprint density at radius 1 is 1.17 bits per heavy atom. The van der Waals surface area contributed by atoms with E-state index in [1.54, 1.807) is 6.20 Å². The topological polar surface area (TPSA) is 38.9 Å². The standard InChI is InChI=1S/C9H10N2S/c10-8-3-4-9(11-7-8)12-5-1-2-6-12/h1-7,12H,10H2. The van der Waals surface area contributed by atoms with Crippen LogP contribution in [0.2, 0.25) is 0 Å². The molecule has 12 heavy (non-hydrogen) atoms. The van der Waals surface area contributed by atoms with E-state index in [-0.39, 0.29) is 10.9 Å². The second-order valence-electron chi connectivity index (χ2n) is 2.54. The lowest BCUT2D eigenvalue weighted by atomic mass is 10.4. The number of pyridine rings is 1. The summed E-state index contributed by atoms with van der Waals surface area (Å²) in [6.45, 7) is 0. The van der Waals surface area contributed by atoms with Crippen molar-refractivity contribution in [2.45, 2.75) is 5.03 Å². The second-order valence-corrected chi connectivity index (χ2v) is 4.41. The molecule has 2 nitrogen and oxygen atoms in total. The van der Waals surface area contributed by atoms with Crippen molar-refractivity contribution < 1.29 is 0 Å². The summed E-state index contributed by atoms with van der Waals surface area (Å²) in [6.07, 6.45) is 5.82. The Hall–Kier alpha value is -1.22. The Morgan fingerprint density at radius 2 is 1.92 bits per heavy atom. The highest BCUT2D eigenvalue weighted by atomic mass is 32.2. The molecule has 1 aliphatic heterocycles. The van der Waals surface area contributed by atoms with E-state index in [4.69, 9.17) is 5.73 Å². The van der Waals surface area contributed by atoms with Gasteiger partial charge in [-0.1, -0.05) is 12.2 Å². The van der Waals surface area contributed by atoms with E-state index in [1.807, 2.05) is 12.1 Å². The van der Waals surface area contributed by atoms with Gasteiger partial charge in [-0.15, -0.1) is 0 Å². The summed E-state index contributed by atoms with van der Waals surface area (Å²) in [5.41, 5.74) is 6.26. The first-order valence-electron chi connectivity index (χ1n) is 3.71. The van der Waals surface area contributed by atoms with Gasteiger partial charge in [0, 0.05) is 0 Å². The molecule has 2 rings (SSSR count). The molecule has 0 atom stereocenters. The fourth-order valence-electron chi connectivity index (χ4n) is 1.04. The molecule has 0 unspecified atom stereocenters. The third kappa shape index (κ3) is 1.36. The molecular weight excluding hydrogens is 168 g/mol. The summed E-state index contributed by atoms with van der Waals surface area (Å²) in [5.74, 6) is 0. The SMILES string of the molecule is Nc1ccc([SH]2C=CC=C2)nc1. The van der Waals surface area contributed by atoms with Gasteiger partial charge < -0.3 is 5.73 Å². The van der Waals surface area contributed by atoms with Gasteiger partial charge in [0.1, 0.15) is 0 Å². The smallest absolute Gasteiger partial charge is 0.0835 e. The van der Waals surface area contributed by atoms with E-state index >= 15 is 0 Å². The van der Waals surface area contributed by atoms with Gasteiger partial charge >= 0.3 is 0 Å². The zero-order valence-electron chi connectivity index (χ0n) is 6.51. The molecule has 0 saturated carbocycles. The monoisotopic (exact) mass is 178 g/mol. The maximum atomic E-state index is 5.53. The van der Waals surface area contributed by atoms with Crippen LogP contribution in [-0.4, -0.2) is 4.98 Å². The molecule has 2 N–H and O–H groups in total. The molecule has 1 aromatic rings. The van der Waals surface area contributed by atoms with Crippen molar-refractivity contribution in [1.29, 1.82) is 0 Å². The Kier molecular flexibility index (Phi) is 1.87. The first-order valence-corrected chi connectivity index (χ1v) is 5.19. The minimum absolute atomic E-state index is 0.280. The number of nitrogens with zero attached hydrogens (tertiary/aromatic N) is 1. The normalized spacial score (nSPS) is 17.2. The summed E-state index contributed by atoms with van der Waals surface area (Å²) in [7, 11) is -0.280. The van der Waals surface area contributed by atoms with Crippen molar-refractivity contribution in [3.05, 3.63) is 41.3 Å². The molecule has 0 aromatic carbocycles. The van der Waals surface area contributed by atoms with Crippen LogP contribution < -0.4 is 5.73 Å². The van der Waals surface area contributed by atoms with Crippen LogP contribution in [0, 0.1) is 0 Å². The zero-order valence-corrected chi connectivity index (χ0v) is 7.41. The minimum Gasteiger partial charge on any atom is -0.397 e. The molecule has 1 aromatic heterocycles. The largest absolute Gasteiger partial charge is 0.397 e. The molecular formula is C9H10N2S. The maximum absolute atomic E-state index is 5.53. The molecule has 0 radical (unpaired) electrons. The molecule has 0 bridgehead atoms. The fourth-order valence-corrected chi connectivity index (χ4v) is 2.45. The van der Waals surface area contributed by atoms with Gasteiger partial charge in [0.05, 0.1) is 16.9 Å². The Morgan fingerprint density at radius 3 is 2.50 bits per heavy atom. The van der Waals surface area contributed by atoms with E-state index in [2.05, 4.69) is 28.0 Å². The van der Waals surface area contributed by atoms with Crippen molar-refractivity contribution >= 4 is 16.6 Å². The highest BCUT2D eigenvalue weighted by Crippen LogP contribution is 2.40. The fraction of sp³-hybridized carbons (Fsp3) is 0. The van der Waals surface area contributed by atoms with Crippen LogP contribution in [0.15, 0.2) is 46.3 Å². The molecule has 0 aliphatic carbocycles. The van der Waals surface area contributed by atoms with Gasteiger partial charge in [0.25, 0.3) is 0 Å². The number of nitrogens with two attached hydrogens (primary N) is 1. The zero-order chi connectivity index (χ0) is 8.39. The van der Waals surface area contributed by atoms with Crippen LogP contribution in [0.5, 0.6) is 0 Å². The van der Waals surface area contributed by atoms with E-state index in [9.17, 15) is 0 Å². The summed E-state index contributed by atoms with van der Waals surface area (Å²) in [4.78, 5) is 4.26. The molecule has 62 valence electrons. The van der Waals surface area contributed by atoms with Crippen LogP contribution >= 0.6 is 10.9 Å². The Labute approximate surface area is 74.2 Å². The van der Waals surface area contributed by atoms with Crippen LogP contribution in [-0.2, 0) is 0 Å².